The second kappa shape index (κ2) is 6.82. The molecule has 0 bridgehead atoms. The van der Waals surface area contributed by atoms with Crippen LogP contribution in [-0.2, 0) is 0 Å². The summed E-state index contributed by atoms with van der Waals surface area (Å²) in [5.41, 5.74) is 0.753. The lowest BCUT2D eigenvalue weighted by Gasteiger charge is -2.06. The summed E-state index contributed by atoms with van der Waals surface area (Å²) in [5, 5.41) is 0. The predicted octanol–water partition coefficient (Wildman–Crippen LogP) is 2.50. The van der Waals surface area contributed by atoms with E-state index in [0.717, 1.165) is 12.1 Å². The van der Waals surface area contributed by atoms with Crippen LogP contribution in [0.5, 0.6) is 11.9 Å². The molecule has 0 N–H and O–H groups in total. The zero-order valence-electron chi connectivity index (χ0n) is 9.99. The molecule has 0 saturated heterocycles. The largest absolute Gasteiger partial charge is 0.478 e. The molecule has 0 unspecified atom stereocenters. The van der Waals surface area contributed by atoms with Crippen LogP contribution >= 0.6 is 0 Å². The van der Waals surface area contributed by atoms with Crippen molar-refractivity contribution in [3.05, 3.63) is 17.8 Å². The number of rotatable bonds is 6. The van der Waals surface area contributed by atoms with Crippen LogP contribution in [0.1, 0.15) is 32.9 Å². The van der Waals surface area contributed by atoms with Crippen LogP contribution in [0.3, 0.4) is 0 Å². The van der Waals surface area contributed by atoms with Gasteiger partial charge in [0.2, 0.25) is 5.88 Å². The van der Waals surface area contributed by atoms with E-state index in [1.54, 1.807) is 6.07 Å². The molecule has 0 aliphatic heterocycles. The predicted molar refractivity (Wildman–Crippen MR) is 62.4 cm³/mol. The number of ether oxygens (including phenoxy) is 2. The molecule has 0 spiro atoms. The van der Waals surface area contributed by atoms with Gasteiger partial charge in [-0.2, -0.15) is 9.97 Å². The molecule has 1 aromatic heterocycles. The van der Waals surface area contributed by atoms with Crippen molar-refractivity contribution in [2.45, 2.75) is 27.2 Å². The molecule has 0 aliphatic carbocycles. The molecule has 87 valence electrons. The molecular weight excluding hydrogens is 204 g/mol. The zero-order chi connectivity index (χ0) is 11.8. The third-order valence-electron chi connectivity index (χ3n) is 1.72. The quantitative estimate of drug-likeness (QED) is 0.740. The van der Waals surface area contributed by atoms with Gasteiger partial charge in [0, 0.05) is 6.07 Å². The average molecular weight is 221 g/mol. The van der Waals surface area contributed by atoms with E-state index >= 15 is 0 Å². The van der Waals surface area contributed by atoms with Gasteiger partial charge in [-0.15, -0.1) is 0 Å². The van der Waals surface area contributed by atoms with E-state index in [4.69, 9.17) is 9.47 Å². The lowest BCUT2D eigenvalue weighted by atomic mass is 10.3. The van der Waals surface area contributed by atoms with Crippen LogP contribution in [-0.4, -0.2) is 23.2 Å². The van der Waals surface area contributed by atoms with E-state index in [1.165, 1.54) is 0 Å². The van der Waals surface area contributed by atoms with Crippen molar-refractivity contribution in [2.24, 2.45) is 0 Å². The van der Waals surface area contributed by atoms with Gasteiger partial charge in [0.15, 0.2) is 0 Å². The molecule has 0 amide bonds. The second-order valence-corrected chi connectivity index (χ2v) is 2.98. The van der Waals surface area contributed by atoms with Gasteiger partial charge in [0.1, 0.15) is 0 Å². The highest BCUT2D eigenvalue weighted by Crippen LogP contribution is 2.15. The first-order valence-electron chi connectivity index (χ1n) is 5.51. The smallest absolute Gasteiger partial charge is 0.320 e. The summed E-state index contributed by atoms with van der Waals surface area (Å²) in [6.07, 6.45) is 5.73. The minimum absolute atomic E-state index is 0.345. The summed E-state index contributed by atoms with van der Waals surface area (Å²) in [5.74, 6) is 0.533. The zero-order valence-corrected chi connectivity index (χ0v) is 9.99. The third kappa shape index (κ3) is 3.88. The summed E-state index contributed by atoms with van der Waals surface area (Å²) in [6, 6.07) is 2.12. The van der Waals surface area contributed by atoms with Gasteiger partial charge in [0.05, 0.1) is 18.9 Å². The molecule has 1 radical (unpaired) electrons. The van der Waals surface area contributed by atoms with Crippen molar-refractivity contribution in [3.63, 3.8) is 0 Å². The lowest BCUT2D eigenvalue weighted by molar-refractivity contribution is 0.288. The summed E-state index contributed by atoms with van der Waals surface area (Å²) in [7, 11) is 0. The van der Waals surface area contributed by atoms with Crippen LogP contribution in [0.2, 0.25) is 0 Å². The van der Waals surface area contributed by atoms with Crippen molar-refractivity contribution >= 4 is 6.08 Å². The van der Waals surface area contributed by atoms with E-state index in [-0.39, 0.29) is 0 Å². The molecule has 0 fully saturated rings. The molecule has 1 rings (SSSR count). The van der Waals surface area contributed by atoms with Gasteiger partial charge in [-0.25, -0.2) is 0 Å². The molecule has 4 nitrogen and oxygen atoms in total. The fraction of sp³-hybridized carbons (Fsp3) is 0.500. The Balaban J connectivity index is 2.93. The Bertz CT molecular complexity index is 327. The first kappa shape index (κ1) is 12.5. The number of allylic oxidation sites excluding steroid dienone is 1. The second-order valence-electron chi connectivity index (χ2n) is 2.98. The van der Waals surface area contributed by atoms with Gasteiger partial charge in [-0.05, 0) is 32.4 Å². The average Bonchev–Trinajstić information content (AvgIpc) is 2.27. The van der Waals surface area contributed by atoms with Crippen molar-refractivity contribution in [2.75, 3.05) is 13.2 Å². The Morgan fingerprint density at radius 3 is 2.56 bits per heavy atom. The maximum Gasteiger partial charge on any atom is 0.320 e. The normalized spacial score (nSPS) is 10.7. The summed E-state index contributed by atoms with van der Waals surface area (Å²) in [6.45, 7) is 6.94. The molecule has 16 heavy (non-hydrogen) atoms. The van der Waals surface area contributed by atoms with Crippen LogP contribution in [0.15, 0.2) is 6.07 Å². The van der Waals surface area contributed by atoms with E-state index in [2.05, 4.69) is 16.0 Å². The first-order chi connectivity index (χ1) is 7.80. The standard InChI is InChI=1S/C12H17N2O2/c1-4-7-8-10-9-11(15-5-2)14-12(13-10)16-6-3/h8-9H,4-6H2,1-3H3. The first-order valence-corrected chi connectivity index (χ1v) is 5.51. The SMILES string of the molecule is CC[C]=Cc1cc(OCC)nc(OCC)n1. The Morgan fingerprint density at radius 1 is 1.19 bits per heavy atom. The summed E-state index contributed by atoms with van der Waals surface area (Å²) in [4.78, 5) is 8.33. The molecule has 0 aliphatic rings. The fourth-order valence-corrected chi connectivity index (χ4v) is 1.12. The van der Waals surface area contributed by atoms with Crippen LogP contribution in [0, 0.1) is 6.08 Å². The van der Waals surface area contributed by atoms with Gasteiger partial charge >= 0.3 is 6.01 Å². The Kier molecular flexibility index (Phi) is 5.32. The highest BCUT2D eigenvalue weighted by molar-refractivity contribution is 5.44. The van der Waals surface area contributed by atoms with Gasteiger partial charge in [-0.1, -0.05) is 6.92 Å². The molecule has 1 aromatic rings. The van der Waals surface area contributed by atoms with Crippen LogP contribution < -0.4 is 9.47 Å². The van der Waals surface area contributed by atoms with Gasteiger partial charge in [-0.3, -0.25) is 0 Å². The van der Waals surface area contributed by atoms with Gasteiger partial charge < -0.3 is 9.47 Å². The van der Waals surface area contributed by atoms with Crippen LogP contribution in [0.4, 0.5) is 0 Å². The molecule has 1 heterocycles. The molecule has 0 saturated carbocycles. The van der Waals surface area contributed by atoms with Crippen molar-refractivity contribution < 1.29 is 9.47 Å². The number of aromatic nitrogens is 2. The highest BCUT2D eigenvalue weighted by atomic mass is 16.5. The van der Waals surface area contributed by atoms with Crippen molar-refractivity contribution in [3.8, 4) is 11.9 Å². The molecule has 0 atom stereocenters. The van der Waals surface area contributed by atoms with Gasteiger partial charge in [0.25, 0.3) is 0 Å². The van der Waals surface area contributed by atoms with E-state index in [9.17, 15) is 0 Å². The number of nitrogens with zero attached hydrogens (tertiary/aromatic N) is 2. The van der Waals surface area contributed by atoms with E-state index in [1.807, 2.05) is 26.8 Å². The highest BCUT2D eigenvalue weighted by Gasteiger charge is 2.03. The topological polar surface area (TPSA) is 44.2 Å². The maximum absolute atomic E-state index is 5.33. The Hall–Kier alpha value is -1.58. The fourth-order valence-electron chi connectivity index (χ4n) is 1.12. The molecular formula is C12H17N2O2. The minimum Gasteiger partial charge on any atom is -0.478 e. The minimum atomic E-state index is 0.345. The Labute approximate surface area is 96.3 Å². The van der Waals surface area contributed by atoms with E-state index in [0.29, 0.717) is 25.1 Å². The Morgan fingerprint density at radius 2 is 1.94 bits per heavy atom. The van der Waals surface area contributed by atoms with Crippen molar-refractivity contribution in [1.82, 2.24) is 9.97 Å². The summed E-state index contributed by atoms with van der Waals surface area (Å²) >= 11 is 0. The van der Waals surface area contributed by atoms with Crippen LogP contribution in [0.25, 0.3) is 6.08 Å². The monoisotopic (exact) mass is 221 g/mol. The third-order valence-corrected chi connectivity index (χ3v) is 1.72. The molecule has 0 aromatic carbocycles. The van der Waals surface area contributed by atoms with E-state index < -0.39 is 0 Å². The number of hydrogen-bond donors (Lipinski definition) is 0. The number of hydrogen-bond acceptors (Lipinski definition) is 4. The lowest BCUT2D eigenvalue weighted by Crippen LogP contribution is -2.02. The molecule has 4 heteroatoms. The summed E-state index contributed by atoms with van der Waals surface area (Å²) < 4.78 is 10.6. The maximum atomic E-state index is 5.33. The van der Waals surface area contributed by atoms with Crippen molar-refractivity contribution in [1.29, 1.82) is 0 Å².